The van der Waals surface area contributed by atoms with E-state index < -0.39 is 6.17 Å². The zero-order valence-corrected chi connectivity index (χ0v) is 15.1. The molecule has 2 aliphatic rings. The van der Waals surface area contributed by atoms with Gasteiger partial charge in [0.2, 0.25) is 5.91 Å². The molecule has 144 valence electrons. The number of carbonyl (C=O) groups excluding carboxylic acids is 3. The Balaban J connectivity index is 1.48. The second kappa shape index (κ2) is 6.51. The maximum absolute atomic E-state index is 13.2. The normalized spacial score (nSPS) is 17.0. The molecule has 0 aliphatic carbocycles. The summed E-state index contributed by atoms with van der Waals surface area (Å²) in [6.45, 7) is 0.125. The molecule has 3 heterocycles. The first kappa shape index (κ1) is 17.0. The number of para-hydroxylation sites is 1. The zero-order valence-electron chi connectivity index (χ0n) is 15.1. The molecule has 10 nitrogen and oxygen atoms in total. The number of fused-ring (bicyclic) bond motifs is 5. The van der Waals surface area contributed by atoms with Gasteiger partial charge in [-0.15, -0.1) is 5.10 Å². The summed E-state index contributed by atoms with van der Waals surface area (Å²) < 4.78 is 0. The van der Waals surface area contributed by atoms with Crippen molar-refractivity contribution in [3.8, 4) is 0 Å². The molecule has 0 radical (unpaired) electrons. The molecule has 0 unspecified atom stereocenters. The van der Waals surface area contributed by atoms with Crippen molar-refractivity contribution in [1.29, 1.82) is 0 Å². The SMILES string of the molecule is O=C(CCN1C(=O)c2ccccc2N2C(=O)c3ccccc3[C@@H]12)Nc1nn[nH]n1. The number of H-pyrrole nitrogens is 1. The van der Waals surface area contributed by atoms with Crippen LogP contribution in [0.2, 0.25) is 0 Å². The minimum absolute atomic E-state index is 0.0170. The Morgan fingerprint density at radius 1 is 1.03 bits per heavy atom. The molecule has 2 N–H and O–H groups in total. The van der Waals surface area contributed by atoms with Crippen LogP contribution in [0.5, 0.6) is 0 Å². The molecule has 0 fully saturated rings. The lowest BCUT2D eigenvalue weighted by Gasteiger charge is -2.40. The van der Waals surface area contributed by atoms with E-state index in [-0.39, 0.29) is 36.6 Å². The molecule has 3 aromatic rings. The van der Waals surface area contributed by atoms with Crippen LogP contribution < -0.4 is 10.2 Å². The summed E-state index contributed by atoms with van der Waals surface area (Å²) in [5, 5.41) is 15.5. The minimum atomic E-state index is -0.584. The van der Waals surface area contributed by atoms with E-state index in [4.69, 9.17) is 0 Å². The second-order valence-electron chi connectivity index (χ2n) is 6.69. The summed E-state index contributed by atoms with van der Waals surface area (Å²) in [6, 6.07) is 14.2. The van der Waals surface area contributed by atoms with Crippen molar-refractivity contribution in [3.63, 3.8) is 0 Å². The third kappa shape index (κ3) is 2.64. The number of benzene rings is 2. The lowest BCUT2D eigenvalue weighted by atomic mass is 10.0. The van der Waals surface area contributed by atoms with Crippen molar-refractivity contribution in [2.75, 3.05) is 16.8 Å². The monoisotopic (exact) mass is 389 g/mol. The topological polar surface area (TPSA) is 124 Å². The van der Waals surface area contributed by atoms with E-state index >= 15 is 0 Å². The van der Waals surface area contributed by atoms with E-state index in [9.17, 15) is 14.4 Å². The quantitative estimate of drug-likeness (QED) is 0.694. The highest BCUT2D eigenvalue weighted by Gasteiger charge is 2.47. The maximum Gasteiger partial charge on any atom is 0.269 e. The van der Waals surface area contributed by atoms with E-state index in [0.717, 1.165) is 5.56 Å². The third-order valence-electron chi connectivity index (χ3n) is 5.06. The van der Waals surface area contributed by atoms with E-state index in [2.05, 4.69) is 25.9 Å². The van der Waals surface area contributed by atoms with Crippen LogP contribution in [0.1, 0.15) is 38.9 Å². The van der Waals surface area contributed by atoms with Crippen LogP contribution in [-0.2, 0) is 4.79 Å². The standard InChI is InChI=1S/C19H15N7O3/c27-15(20-19-21-23-24-22-19)9-10-25-16-11-5-1-2-6-12(11)18(29)26(16)14-8-4-3-7-13(14)17(25)28/h1-8,16H,9-10H2,(H2,20,21,22,23,24,27)/t16-/m0/s1. The van der Waals surface area contributed by atoms with Crippen molar-refractivity contribution < 1.29 is 14.4 Å². The number of amides is 3. The number of hydrogen-bond donors (Lipinski definition) is 2. The number of carbonyl (C=O) groups is 3. The molecule has 2 aliphatic heterocycles. The average molecular weight is 389 g/mol. The van der Waals surface area contributed by atoms with Gasteiger partial charge in [0.25, 0.3) is 17.8 Å². The molecule has 1 atom stereocenters. The van der Waals surface area contributed by atoms with Gasteiger partial charge in [0.15, 0.2) is 0 Å². The third-order valence-corrected chi connectivity index (χ3v) is 5.06. The molecule has 2 aromatic carbocycles. The number of nitrogens with zero attached hydrogens (tertiary/aromatic N) is 5. The molecular formula is C19H15N7O3. The van der Waals surface area contributed by atoms with Gasteiger partial charge < -0.3 is 4.90 Å². The molecule has 3 amide bonds. The van der Waals surface area contributed by atoms with Crippen LogP contribution in [-0.4, -0.2) is 49.8 Å². The average Bonchev–Trinajstić information content (AvgIpc) is 3.35. The summed E-state index contributed by atoms with van der Waals surface area (Å²) in [4.78, 5) is 41.7. The summed E-state index contributed by atoms with van der Waals surface area (Å²) in [6.07, 6.45) is -0.567. The first-order valence-electron chi connectivity index (χ1n) is 9.01. The van der Waals surface area contributed by atoms with Gasteiger partial charge in [-0.1, -0.05) is 35.4 Å². The largest absolute Gasteiger partial charge is 0.313 e. The van der Waals surface area contributed by atoms with E-state index in [1.54, 1.807) is 46.2 Å². The first-order valence-corrected chi connectivity index (χ1v) is 9.01. The van der Waals surface area contributed by atoms with Crippen LogP contribution in [0.4, 0.5) is 11.6 Å². The molecular weight excluding hydrogens is 374 g/mol. The summed E-state index contributed by atoms with van der Waals surface area (Å²) in [5.74, 6) is -0.680. The minimum Gasteiger partial charge on any atom is -0.313 e. The predicted molar refractivity (Wildman–Crippen MR) is 101 cm³/mol. The number of rotatable bonds is 4. The molecule has 10 heteroatoms. The highest BCUT2D eigenvalue weighted by atomic mass is 16.2. The molecule has 1 aromatic heterocycles. The van der Waals surface area contributed by atoms with E-state index in [0.29, 0.717) is 16.8 Å². The highest BCUT2D eigenvalue weighted by Crippen LogP contribution is 2.45. The predicted octanol–water partition coefficient (Wildman–Crippen LogP) is 1.34. The van der Waals surface area contributed by atoms with Gasteiger partial charge >= 0.3 is 0 Å². The maximum atomic E-state index is 13.2. The fraction of sp³-hybridized carbons (Fsp3) is 0.158. The number of anilines is 2. The fourth-order valence-electron chi connectivity index (χ4n) is 3.82. The van der Waals surface area contributed by atoms with Crippen LogP contribution in [0.25, 0.3) is 0 Å². The van der Waals surface area contributed by atoms with Crippen molar-refractivity contribution in [3.05, 3.63) is 65.2 Å². The molecule has 0 bridgehead atoms. The van der Waals surface area contributed by atoms with Gasteiger partial charge in [0.1, 0.15) is 6.17 Å². The van der Waals surface area contributed by atoms with E-state index in [1.807, 2.05) is 12.1 Å². The highest BCUT2D eigenvalue weighted by molar-refractivity contribution is 6.16. The zero-order chi connectivity index (χ0) is 20.0. The molecule has 29 heavy (non-hydrogen) atoms. The van der Waals surface area contributed by atoms with Crippen LogP contribution >= 0.6 is 0 Å². The summed E-state index contributed by atoms with van der Waals surface area (Å²) >= 11 is 0. The molecule has 0 spiro atoms. The Morgan fingerprint density at radius 3 is 2.59 bits per heavy atom. The molecule has 0 saturated carbocycles. The fourth-order valence-corrected chi connectivity index (χ4v) is 3.82. The number of aromatic nitrogens is 4. The smallest absolute Gasteiger partial charge is 0.269 e. The number of tetrazole rings is 1. The van der Waals surface area contributed by atoms with Crippen molar-refractivity contribution in [1.82, 2.24) is 25.5 Å². The Bertz CT molecular complexity index is 1130. The summed E-state index contributed by atoms with van der Waals surface area (Å²) in [5.41, 5.74) is 2.32. The lowest BCUT2D eigenvalue weighted by molar-refractivity contribution is -0.116. The first-order chi connectivity index (χ1) is 14.1. The number of hydrogen-bond acceptors (Lipinski definition) is 6. The van der Waals surface area contributed by atoms with Crippen LogP contribution in [0.3, 0.4) is 0 Å². The van der Waals surface area contributed by atoms with Crippen molar-refractivity contribution in [2.45, 2.75) is 12.6 Å². The molecule has 0 saturated heterocycles. The Hall–Kier alpha value is -4.08. The number of nitrogens with one attached hydrogen (secondary N) is 2. The van der Waals surface area contributed by atoms with Crippen molar-refractivity contribution in [2.24, 2.45) is 0 Å². The summed E-state index contributed by atoms with van der Waals surface area (Å²) in [7, 11) is 0. The van der Waals surface area contributed by atoms with Gasteiger partial charge in [0.05, 0.1) is 11.3 Å². The van der Waals surface area contributed by atoms with Gasteiger partial charge in [-0.3, -0.25) is 24.6 Å². The van der Waals surface area contributed by atoms with Crippen LogP contribution in [0, 0.1) is 0 Å². The lowest BCUT2D eigenvalue weighted by Crippen LogP contribution is -2.49. The van der Waals surface area contributed by atoms with E-state index in [1.165, 1.54) is 0 Å². The van der Waals surface area contributed by atoms with Gasteiger partial charge in [-0.25, -0.2) is 0 Å². The Morgan fingerprint density at radius 2 is 1.79 bits per heavy atom. The molecule has 5 rings (SSSR count). The van der Waals surface area contributed by atoms with Crippen LogP contribution in [0.15, 0.2) is 48.5 Å². The second-order valence-corrected chi connectivity index (χ2v) is 6.69. The Labute approximate surface area is 164 Å². The number of aromatic amines is 1. The van der Waals surface area contributed by atoms with Gasteiger partial charge in [-0.05, 0) is 23.4 Å². The van der Waals surface area contributed by atoms with Gasteiger partial charge in [-0.2, -0.15) is 5.21 Å². The Kier molecular flexibility index (Phi) is 3.83. The van der Waals surface area contributed by atoms with Gasteiger partial charge in [0, 0.05) is 24.1 Å². The van der Waals surface area contributed by atoms with Crippen molar-refractivity contribution >= 4 is 29.4 Å².